The van der Waals surface area contributed by atoms with Gasteiger partial charge in [0.15, 0.2) is 0 Å². The van der Waals surface area contributed by atoms with E-state index in [1.165, 1.54) is 0 Å². The second kappa shape index (κ2) is 5.01. The number of unbranched alkanes of at least 4 members (excludes halogenated alkanes) is 1. The summed E-state index contributed by atoms with van der Waals surface area (Å²) in [5.74, 6) is 0. The van der Waals surface area contributed by atoms with E-state index in [9.17, 15) is 8.42 Å². The van der Waals surface area contributed by atoms with Gasteiger partial charge in [-0.15, -0.1) is 6.58 Å². The topological polar surface area (TPSA) is 52.0 Å². The molecule has 0 aliphatic heterocycles. The third-order valence-corrected chi connectivity index (χ3v) is 3.88. The van der Waals surface area contributed by atoms with E-state index in [0.29, 0.717) is 17.9 Å². The molecule has 0 saturated carbocycles. The Hall–Kier alpha value is -0.810. The number of allylic oxidation sites excluding steroid dienone is 1. The molecule has 0 N–H and O–H groups in total. The maximum absolute atomic E-state index is 11.3. The first-order valence-corrected chi connectivity index (χ1v) is 7.28. The van der Waals surface area contributed by atoms with Crippen molar-refractivity contribution in [2.24, 2.45) is 0 Å². The Balaban J connectivity index is 3.03. The summed E-state index contributed by atoms with van der Waals surface area (Å²) in [6.07, 6.45) is 3.58. The monoisotopic (exact) mass is 262 g/mol. The maximum atomic E-state index is 11.3. The van der Waals surface area contributed by atoms with Gasteiger partial charge in [-0.3, -0.25) is 4.68 Å². The van der Waals surface area contributed by atoms with Crippen LogP contribution in [0.25, 0.3) is 0 Å². The van der Waals surface area contributed by atoms with Crippen LogP contribution in [0, 0.1) is 13.8 Å². The van der Waals surface area contributed by atoms with Crippen LogP contribution in [0.4, 0.5) is 0 Å². The average Bonchev–Trinajstić information content (AvgIpc) is 2.41. The van der Waals surface area contributed by atoms with Crippen LogP contribution in [0.15, 0.2) is 17.6 Å². The maximum Gasteiger partial charge on any atom is 0.264 e. The quantitative estimate of drug-likeness (QED) is 0.465. The predicted molar refractivity (Wildman–Crippen MR) is 64.2 cm³/mol. The van der Waals surface area contributed by atoms with Crippen LogP contribution in [-0.2, 0) is 15.6 Å². The van der Waals surface area contributed by atoms with E-state index in [1.807, 2.05) is 6.08 Å². The van der Waals surface area contributed by atoms with Gasteiger partial charge in [0.25, 0.3) is 9.05 Å². The smallest absolute Gasteiger partial charge is 0.264 e. The molecule has 0 saturated heterocycles. The Morgan fingerprint density at radius 2 is 2.12 bits per heavy atom. The largest absolute Gasteiger partial charge is 0.268 e. The van der Waals surface area contributed by atoms with Gasteiger partial charge in [0.05, 0.1) is 11.4 Å². The molecule has 0 aliphatic carbocycles. The number of aromatic nitrogens is 2. The van der Waals surface area contributed by atoms with Crippen molar-refractivity contribution < 1.29 is 8.42 Å². The van der Waals surface area contributed by atoms with E-state index in [0.717, 1.165) is 12.8 Å². The highest BCUT2D eigenvalue weighted by atomic mass is 35.7. The highest BCUT2D eigenvalue weighted by Gasteiger charge is 2.21. The third-order valence-electron chi connectivity index (χ3n) is 2.34. The fourth-order valence-corrected chi connectivity index (χ4v) is 3.16. The van der Waals surface area contributed by atoms with Gasteiger partial charge < -0.3 is 0 Å². The van der Waals surface area contributed by atoms with E-state index in [2.05, 4.69) is 11.7 Å². The molecular weight excluding hydrogens is 248 g/mol. The van der Waals surface area contributed by atoms with Gasteiger partial charge in [-0.25, -0.2) is 8.42 Å². The zero-order valence-electron chi connectivity index (χ0n) is 9.40. The SMILES string of the molecule is C=CCCCn1nc(C)c(S(=O)(=O)Cl)c1C. The lowest BCUT2D eigenvalue weighted by Crippen LogP contribution is -2.03. The lowest BCUT2D eigenvalue weighted by molar-refractivity contribution is 0.564. The highest BCUT2D eigenvalue weighted by molar-refractivity contribution is 8.13. The molecule has 0 spiro atoms. The van der Waals surface area contributed by atoms with Crippen LogP contribution >= 0.6 is 10.7 Å². The number of rotatable bonds is 5. The summed E-state index contributed by atoms with van der Waals surface area (Å²) in [4.78, 5) is 0.132. The molecule has 0 radical (unpaired) electrons. The van der Waals surface area contributed by atoms with E-state index >= 15 is 0 Å². The minimum absolute atomic E-state index is 0.132. The van der Waals surface area contributed by atoms with E-state index in [1.54, 1.807) is 18.5 Å². The van der Waals surface area contributed by atoms with Crippen molar-refractivity contribution in [1.82, 2.24) is 9.78 Å². The summed E-state index contributed by atoms with van der Waals surface area (Å²) >= 11 is 0. The molecule has 0 atom stereocenters. The molecule has 1 aromatic rings. The van der Waals surface area contributed by atoms with Crippen LogP contribution in [-0.4, -0.2) is 18.2 Å². The second-order valence-corrected chi connectivity index (χ2v) is 6.09. The van der Waals surface area contributed by atoms with Gasteiger partial charge in [0.2, 0.25) is 0 Å². The molecular formula is C10H15ClN2O2S. The number of hydrogen-bond acceptors (Lipinski definition) is 3. The molecule has 0 amide bonds. The molecule has 6 heteroatoms. The standard InChI is InChI=1S/C10H15ClN2O2S/c1-4-5-6-7-13-9(3)10(8(2)12-13)16(11,14)15/h4H,1,5-7H2,2-3H3. The Labute approximate surface area is 100 Å². The summed E-state index contributed by atoms with van der Waals surface area (Å²) in [6.45, 7) is 7.66. The van der Waals surface area contributed by atoms with Crippen molar-refractivity contribution in [3.8, 4) is 0 Å². The molecule has 1 heterocycles. The molecule has 4 nitrogen and oxygen atoms in total. The number of halogens is 1. The zero-order chi connectivity index (χ0) is 12.3. The van der Waals surface area contributed by atoms with Crippen molar-refractivity contribution in [3.63, 3.8) is 0 Å². The molecule has 16 heavy (non-hydrogen) atoms. The molecule has 1 rings (SSSR count). The molecule has 0 bridgehead atoms. The zero-order valence-corrected chi connectivity index (χ0v) is 11.0. The molecule has 90 valence electrons. The van der Waals surface area contributed by atoms with Crippen LogP contribution in [0.2, 0.25) is 0 Å². The Morgan fingerprint density at radius 1 is 1.50 bits per heavy atom. The Bertz CT molecular complexity index is 491. The summed E-state index contributed by atoms with van der Waals surface area (Å²) < 4.78 is 24.3. The van der Waals surface area contributed by atoms with Gasteiger partial charge in [0, 0.05) is 17.2 Å². The van der Waals surface area contributed by atoms with Crippen LogP contribution in [0.1, 0.15) is 24.2 Å². The van der Waals surface area contributed by atoms with E-state index in [4.69, 9.17) is 10.7 Å². The predicted octanol–water partition coefficient (Wildman–Crippen LogP) is 2.39. The molecule has 0 unspecified atom stereocenters. The Morgan fingerprint density at radius 3 is 2.56 bits per heavy atom. The van der Waals surface area contributed by atoms with Gasteiger partial charge in [0.1, 0.15) is 4.90 Å². The van der Waals surface area contributed by atoms with Gasteiger partial charge in [-0.05, 0) is 26.7 Å². The van der Waals surface area contributed by atoms with Crippen molar-refractivity contribution in [1.29, 1.82) is 0 Å². The van der Waals surface area contributed by atoms with Crippen molar-refractivity contribution in [2.75, 3.05) is 0 Å². The fourth-order valence-electron chi connectivity index (χ4n) is 1.64. The number of hydrogen-bond donors (Lipinski definition) is 0. The van der Waals surface area contributed by atoms with Crippen molar-refractivity contribution >= 4 is 19.7 Å². The molecule has 0 aliphatic rings. The van der Waals surface area contributed by atoms with Gasteiger partial charge >= 0.3 is 0 Å². The Kier molecular flexibility index (Phi) is 4.15. The minimum atomic E-state index is -3.71. The lowest BCUT2D eigenvalue weighted by Gasteiger charge is -2.02. The molecule has 0 aromatic carbocycles. The van der Waals surface area contributed by atoms with Crippen LogP contribution in [0.5, 0.6) is 0 Å². The van der Waals surface area contributed by atoms with Gasteiger partial charge in [-0.1, -0.05) is 6.08 Å². The summed E-state index contributed by atoms with van der Waals surface area (Å²) in [7, 11) is 1.64. The number of nitrogens with zero attached hydrogens (tertiary/aromatic N) is 2. The molecule has 1 aromatic heterocycles. The summed E-state index contributed by atoms with van der Waals surface area (Å²) in [5, 5.41) is 4.17. The fraction of sp³-hybridized carbons (Fsp3) is 0.500. The number of aryl methyl sites for hydroxylation is 2. The normalized spacial score (nSPS) is 11.7. The van der Waals surface area contributed by atoms with Crippen LogP contribution in [0.3, 0.4) is 0 Å². The lowest BCUT2D eigenvalue weighted by atomic mass is 10.3. The second-order valence-electron chi connectivity index (χ2n) is 3.59. The van der Waals surface area contributed by atoms with E-state index < -0.39 is 9.05 Å². The first-order chi connectivity index (χ1) is 7.38. The van der Waals surface area contributed by atoms with E-state index in [-0.39, 0.29) is 4.90 Å². The summed E-state index contributed by atoms with van der Waals surface area (Å²) in [6, 6.07) is 0. The molecule has 0 fully saturated rings. The first kappa shape index (κ1) is 13.3. The minimum Gasteiger partial charge on any atom is -0.268 e. The van der Waals surface area contributed by atoms with Crippen molar-refractivity contribution in [2.45, 2.75) is 38.1 Å². The van der Waals surface area contributed by atoms with Gasteiger partial charge in [-0.2, -0.15) is 5.10 Å². The van der Waals surface area contributed by atoms with Crippen molar-refractivity contribution in [3.05, 3.63) is 24.0 Å². The highest BCUT2D eigenvalue weighted by Crippen LogP contribution is 2.23. The summed E-state index contributed by atoms with van der Waals surface area (Å²) in [5.41, 5.74) is 1.04. The third kappa shape index (κ3) is 2.86. The average molecular weight is 263 g/mol. The van der Waals surface area contributed by atoms with Crippen LogP contribution < -0.4 is 0 Å². The first-order valence-electron chi connectivity index (χ1n) is 4.97.